The Labute approximate surface area is 287 Å². The number of aliphatic hydroxyl groups is 1. The SMILES string of the molecule is C=CCCCCCN(C)C(=O)c1ccc(CCS(=O)(=O)N2CCC3(CC2)NC(c2cc(OCCC=C)cc(C(F)(F)F)c2)=NC3O)c(C)c1. The number of hydrogen-bond acceptors (Lipinski definition) is 7. The second kappa shape index (κ2) is 16.4. The maximum absolute atomic E-state index is 13.7. The number of hydrogen-bond donors (Lipinski definition) is 2. The number of unbranched alkanes of at least 4 members (excludes halogenated alkanes) is 3. The number of aryl methyl sites for hydroxylation is 2. The van der Waals surface area contributed by atoms with E-state index < -0.39 is 33.5 Å². The van der Waals surface area contributed by atoms with Gasteiger partial charge in [-0.1, -0.05) is 24.6 Å². The Morgan fingerprint density at radius 1 is 1.12 bits per heavy atom. The van der Waals surface area contributed by atoms with Gasteiger partial charge in [0.1, 0.15) is 11.6 Å². The van der Waals surface area contributed by atoms with Crippen LogP contribution in [0, 0.1) is 6.92 Å². The predicted octanol–water partition coefficient (Wildman–Crippen LogP) is 5.86. The number of sulfonamides is 1. The highest BCUT2D eigenvalue weighted by Gasteiger charge is 2.47. The lowest BCUT2D eigenvalue weighted by Gasteiger charge is -2.40. The van der Waals surface area contributed by atoms with Crippen LogP contribution in [0.4, 0.5) is 13.2 Å². The Balaban J connectivity index is 1.34. The molecule has 2 aliphatic heterocycles. The van der Waals surface area contributed by atoms with Crippen LogP contribution >= 0.6 is 0 Å². The van der Waals surface area contributed by atoms with Crippen molar-refractivity contribution in [2.24, 2.45) is 4.99 Å². The second-order valence-corrected chi connectivity index (χ2v) is 14.9. The molecule has 1 unspecified atom stereocenters. The number of nitrogens with zero attached hydrogens (tertiary/aromatic N) is 3. The number of nitrogens with one attached hydrogen (secondary N) is 1. The van der Waals surface area contributed by atoms with Gasteiger partial charge in [0.05, 0.1) is 23.5 Å². The van der Waals surface area contributed by atoms with Crippen molar-refractivity contribution >= 4 is 21.8 Å². The number of allylic oxidation sites excluding steroid dienone is 1. The minimum Gasteiger partial charge on any atom is -0.493 e. The van der Waals surface area contributed by atoms with E-state index in [4.69, 9.17) is 4.74 Å². The fourth-order valence-corrected chi connectivity index (χ4v) is 7.60. The molecule has 1 atom stereocenters. The van der Waals surface area contributed by atoms with E-state index in [9.17, 15) is 31.5 Å². The van der Waals surface area contributed by atoms with Crippen LogP contribution in [0.15, 0.2) is 66.7 Å². The normalized spacial score (nSPS) is 17.8. The molecule has 2 N–H and O–H groups in total. The molecule has 13 heteroatoms. The minimum absolute atomic E-state index is 0.0156. The summed E-state index contributed by atoms with van der Waals surface area (Å²) in [7, 11) is -1.88. The maximum Gasteiger partial charge on any atom is 0.416 e. The number of carbonyl (C=O) groups excluding carboxylic acids is 1. The molecule has 268 valence electrons. The van der Waals surface area contributed by atoms with Crippen molar-refractivity contribution < 1.29 is 36.2 Å². The number of piperidine rings is 1. The fraction of sp³-hybridized carbons (Fsp3) is 0.500. The molecule has 4 rings (SSSR count). The Morgan fingerprint density at radius 3 is 2.49 bits per heavy atom. The molecule has 49 heavy (non-hydrogen) atoms. The highest BCUT2D eigenvalue weighted by atomic mass is 32.2. The van der Waals surface area contributed by atoms with E-state index in [0.29, 0.717) is 18.5 Å². The molecule has 2 aliphatic rings. The van der Waals surface area contributed by atoms with Crippen molar-refractivity contribution in [1.82, 2.24) is 14.5 Å². The fourth-order valence-electron chi connectivity index (χ4n) is 6.13. The molecular weight excluding hydrogens is 657 g/mol. The summed E-state index contributed by atoms with van der Waals surface area (Å²) in [6, 6.07) is 8.65. The molecule has 0 bridgehead atoms. The summed E-state index contributed by atoms with van der Waals surface area (Å²) in [5, 5.41) is 14.1. The van der Waals surface area contributed by atoms with Gasteiger partial charge < -0.3 is 20.1 Å². The van der Waals surface area contributed by atoms with E-state index >= 15 is 0 Å². The smallest absolute Gasteiger partial charge is 0.416 e. The zero-order valence-corrected chi connectivity index (χ0v) is 29.1. The first-order valence-corrected chi connectivity index (χ1v) is 18.2. The summed E-state index contributed by atoms with van der Waals surface area (Å²) in [5.41, 5.74) is 0.421. The molecular formula is C36H47F3N4O5S. The molecule has 1 spiro atoms. The highest BCUT2D eigenvalue weighted by Crippen LogP contribution is 2.36. The van der Waals surface area contributed by atoms with Gasteiger partial charge in [-0.05, 0) is 93.3 Å². The lowest BCUT2D eigenvalue weighted by Crippen LogP contribution is -2.58. The number of aliphatic hydroxyl groups excluding tert-OH is 1. The average Bonchev–Trinajstić information content (AvgIpc) is 3.38. The van der Waals surface area contributed by atoms with Crippen LogP contribution in [0.3, 0.4) is 0 Å². The average molecular weight is 705 g/mol. The standard InChI is InChI=1S/C36H47F3N4O5S/c1-5-7-9-10-11-17-42(4)33(44)28-13-12-27(26(3)22-28)14-21-49(46,47)43-18-15-35(16-19-43)34(45)40-32(41-35)29-23-30(36(37,38)39)25-31(24-29)48-20-8-6-2/h5-6,12-13,22-25,34,45H,1-2,7-11,14-21H2,3-4H3,(H,40,41). The van der Waals surface area contributed by atoms with Gasteiger partial charge in [-0.3, -0.25) is 4.79 Å². The third-order valence-electron chi connectivity index (χ3n) is 9.19. The van der Waals surface area contributed by atoms with Crippen molar-refractivity contribution in [3.8, 4) is 5.75 Å². The van der Waals surface area contributed by atoms with E-state index in [1.54, 1.807) is 30.2 Å². The van der Waals surface area contributed by atoms with Crippen LogP contribution in [-0.4, -0.2) is 85.3 Å². The third-order valence-corrected chi connectivity index (χ3v) is 11.1. The number of ether oxygens (including phenoxy) is 1. The summed E-state index contributed by atoms with van der Waals surface area (Å²) in [5.74, 6) is -0.0964. The third kappa shape index (κ3) is 9.73. The number of halogens is 3. The van der Waals surface area contributed by atoms with E-state index in [2.05, 4.69) is 23.5 Å². The Kier molecular flexibility index (Phi) is 12.7. The number of amides is 1. The quantitative estimate of drug-likeness (QED) is 0.167. The molecule has 2 aromatic carbocycles. The molecule has 0 saturated carbocycles. The summed E-state index contributed by atoms with van der Waals surface area (Å²) in [4.78, 5) is 18.9. The maximum atomic E-state index is 13.7. The first kappa shape index (κ1) is 38.1. The molecule has 0 aliphatic carbocycles. The Hall–Kier alpha value is -3.68. The largest absolute Gasteiger partial charge is 0.493 e. The van der Waals surface area contributed by atoms with Crippen molar-refractivity contribution in [2.75, 3.05) is 39.0 Å². The molecule has 0 aromatic heterocycles. The monoisotopic (exact) mass is 704 g/mol. The van der Waals surface area contributed by atoms with Gasteiger partial charge in [-0.15, -0.1) is 13.2 Å². The first-order chi connectivity index (χ1) is 23.2. The number of aliphatic imine (C=N–C) groups is 1. The molecule has 9 nitrogen and oxygen atoms in total. The molecule has 1 fully saturated rings. The van der Waals surface area contributed by atoms with Crippen molar-refractivity contribution in [2.45, 2.75) is 76.2 Å². The second-order valence-electron chi connectivity index (χ2n) is 12.8. The number of amidine groups is 1. The molecule has 2 heterocycles. The zero-order chi connectivity index (χ0) is 35.8. The van der Waals surface area contributed by atoms with Gasteiger partial charge >= 0.3 is 6.18 Å². The van der Waals surface area contributed by atoms with Crippen molar-refractivity contribution in [1.29, 1.82) is 0 Å². The predicted molar refractivity (Wildman–Crippen MR) is 185 cm³/mol. The van der Waals surface area contributed by atoms with E-state index in [1.807, 2.05) is 19.1 Å². The van der Waals surface area contributed by atoms with Crippen LogP contribution < -0.4 is 10.1 Å². The summed E-state index contributed by atoms with van der Waals surface area (Å²) in [6.45, 7) is 10.2. The van der Waals surface area contributed by atoms with E-state index in [-0.39, 0.29) is 67.8 Å². The van der Waals surface area contributed by atoms with Gasteiger partial charge in [0.25, 0.3) is 5.91 Å². The molecule has 2 aromatic rings. The first-order valence-electron chi connectivity index (χ1n) is 16.6. The number of benzene rings is 2. The van der Waals surface area contributed by atoms with Crippen LogP contribution in [-0.2, 0) is 22.6 Å². The van der Waals surface area contributed by atoms with Crippen LogP contribution in [0.2, 0.25) is 0 Å². The van der Waals surface area contributed by atoms with Crippen LogP contribution in [0.25, 0.3) is 0 Å². The number of alkyl halides is 3. The van der Waals surface area contributed by atoms with Gasteiger partial charge in [0, 0.05) is 37.8 Å². The summed E-state index contributed by atoms with van der Waals surface area (Å²) < 4.78 is 74.7. The topological polar surface area (TPSA) is 112 Å². The molecule has 1 amide bonds. The minimum atomic E-state index is -4.62. The van der Waals surface area contributed by atoms with Gasteiger partial charge in [0.2, 0.25) is 10.0 Å². The van der Waals surface area contributed by atoms with Crippen LogP contribution in [0.1, 0.15) is 77.6 Å². The Morgan fingerprint density at radius 2 is 1.84 bits per heavy atom. The number of rotatable bonds is 16. The lowest BCUT2D eigenvalue weighted by molar-refractivity contribution is -0.137. The van der Waals surface area contributed by atoms with Crippen molar-refractivity contribution in [3.05, 3.63) is 89.5 Å². The van der Waals surface area contributed by atoms with E-state index in [1.165, 1.54) is 10.4 Å². The van der Waals surface area contributed by atoms with Gasteiger partial charge in [-0.25, -0.2) is 17.7 Å². The zero-order valence-electron chi connectivity index (χ0n) is 28.3. The lowest BCUT2D eigenvalue weighted by atomic mass is 9.87. The Bertz CT molecular complexity index is 1640. The van der Waals surface area contributed by atoms with Gasteiger partial charge in [0.15, 0.2) is 6.23 Å². The highest BCUT2D eigenvalue weighted by molar-refractivity contribution is 7.89. The summed E-state index contributed by atoms with van der Waals surface area (Å²) in [6.07, 6.45) is 2.67. The van der Waals surface area contributed by atoms with Gasteiger partial charge in [-0.2, -0.15) is 13.2 Å². The molecule has 1 saturated heterocycles. The van der Waals surface area contributed by atoms with Crippen molar-refractivity contribution in [3.63, 3.8) is 0 Å². The number of carbonyl (C=O) groups is 1. The summed E-state index contributed by atoms with van der Waals surface area (Å²) >= 11 is 0. The van der Waals surface area contributed by atoms with Crippen LogP contribution in [0.5, 0.6) is 5.75 Å². The molecule has 0 radical (unpaired) electrons. The van der Waals surface area contributed by atoms with E-state index in [0.717, 1.165) is 48.9 Å².